The fraction of sp³-hybridized carbons (Fsp3) is 0.185. The molecule has 0 saturated carbocycles. The van der Waals surface area contributed by atoms with Crippen molar-refractivity contribution in [2.75, 3.05) is 12.4 Å². The molecular formula is C27H23N3O4S. The Hall–Kier alpha value is -4.04. The molecule has 0 bridgehead atoms. The topological polar surface area (TPSA) is 90.4 Å². The van der Waals surface area contributed by atoms with Gasteiger partial charge in [-0.05, 0) is 53.8 Å². The van der Waals surface area contributed by atoms with Gasteiger partial charge in [0.05, 0.1) is 29.6 Å². The Morgan fingerprint density at radius 2 is 1.89 bits per heavy atom. The molecule has 176 valence electrons. The number of carbonyl (C=O) groups is 2. The molecule has 0 spiro atoms. The number of carbonyl (C=O) groups excluding carboxylic acids is 2. The van der Waals surface area contributed by atoms with E-state index in [1.807, 2.05) is 48.5 Å². The smallest absolute Gasteiger partial charge is 0.339 e. The van der Waals surface area contributed by atoms with E-state index in [2.05, 4.69) is 16.4 Å². The van der Waals surface area contributed by atoms with Crippen LogP contribution in [0.5, 0.6) is 5.75 Å². The van der Waals surface area contributed by atoms with E-state index in [4.69, 9.17) is 14.5 Å². The maximum atomic E-state index is 13.3. The molecule has 7 nitrogen and oxygen atoms in total. The number of anilines is 1. The molecule has 0 aliphatic heterocycles. The summed E-state index contributed by atoms with van der Waals surface area (Å²) in [6, 6.07) is 15.5. The number of hydrogen-bond donors (Lipinski definition) is 1. The number of allylic oxidation sites excluding steroid dienone is 1. The summed E-state index contributed by atoms with van der Waals surface area (Å²) in [7, 11) is 1.65. The number of nitrogens with one attached hydrogen (secondary N) is 1. The number of nitrogens with zero attached hydrogens (tertiary/aromatic N) is 2. The van der Waals surface area contributed by atoms with Crippen LogP contribution in [0.25, 0.3) is 22.6 Å². The number of thiazole rings is 1. The van der Waals surface area contributed by atoms with Crippen molar-refractivity contribution in [2.24, 2.45) is 0 Å². The average Bonchev–Trinajstić information content (AvgIpc) is 3.47. The highest BCUT2D eigenvalue weighted by atomic mass is 32.1. The average molecular weight is 486 g/mol. The highest BCUT2D eigenvalue weighted by Gasteiger charge is 2.27. The van der Waals surface area contributed by atoms with Gasteiger partial charge in [-0.15, -0.1) is 11.3 Å². The lowest BCUT2D eigenvalue weighted by molar-refractivity contribution is -0.114. The van der Waals surface area contributed by atoms with Gasteiger partial charge >= 0.3 is 5.97 Å². The molecule has 0 saturated heterocycles. The predicted molar refractivity (Wildman–Crippen MR) is 136 cm³/mol. The summed E-state index contributed by atoms with van der Waals surface area (Å²) in [5.41, 5.74) is 5.78. The lowest BCUT2D eigenvalue weighted by atomic mass is 10.0. The van der Waals surface area contributed by atoms with Crippen LogP contribution in [0.15, 0.2) is 53.9 Å². The molecular weight excluding hydrogens is 462 g/mol. The number of benzene rings is 2. The molecule has 35 heavy (non-hydrogen) atoms. The summed E-state index contributed by atoms with van der Waals surface area (Å²) < 4.78 is 10.9. The number of pyridine rings is 1. The molecule has 0 fully saturated rings. The number of hydrogen-bond acceptors (Lipinski definition) is 7. The SMILES string of the molecule is COc1ccc(/C=C2\CCc3c2nc2ccccc2c3C(=O)OCc2csc(NC(C)=O)n2)cc1. The largest absolute Gasteiger partial charge is 0.497 e. The molecule has 0 atom stereocenters. The van der Waals surface area contributed by atoms with Crippen LogP contribution in [0.3, 0.4) is 0 Å². The van der Waals surface area contributed by atoms with Crippen LogP contribution in [0, 0.1) is 0 Å². The zero-order chi connectivity index (χ0) is 24.4. The Bertz CT molecular complexity index is 1460. The number of amides is 1. The fourth-order valence-electron chi connectivity index (χ4n) is 4.21. The lowest BCUT2D eigenvalue weighted by Crippen LogP contribution is -2.11. The standard InChI is InChI=1S/C27H23N3O4S/c1-16(31)28-27-29-19(15-35-27)14-34-26(32)24-21-5-3-4-6-23(21)30-25-18(9-12-22(24)25)13-17-7-10-20(33-2)11-8-17/h3-8,10-11,13,15H,9,12,14H2,1-2H3,(H,28,29,31)/b18-13+. The second kappa shape index (κ2) is 9.68. The van der Waals surface area contributed by atoms with Crippen molar-refractivity contribution in [1.82, 2.24) is 9.97 Å². The van der Waals surface area contributed by atoms with Crippen LogP contribution in [-0.4, -0.2) is 29.0 Å². The minimum atomic E-state index is -0.403. The number of esters is 1. The van der Waals surface area contributed by atoms with Gasteiger partial charge in [-0.25, -0.2) is 14.8 Å². The normalized spacial score (nSPS) is 13.6. The quantitative estimate of drug-likeness (QED) is 0.363. The molecule has 5 rings (SSSR count). The van der Waals surface area contributed by atoms with E-state index in [1.54, 1.807) is 12.5 Å². The van der Waals surface area contributed by atoms with Gasteiger partial charge in [0.25, 0.3) is 0 Å². The first-order valence-electron chi connectivity index (χ1n) is 11.2. The van der Waals surface area contributed by atoms with Gasteiger partial charge in [-0.3, -0.25) is 4.79 Å². The number of methoxy groups -OCH3 is 1. The number of aromatic nitrogens is 2. The van der Waals surface area contributed by atoms with E-state index < -0.39 is 5.97 Å². The van der Waals surface area contributed by atoms with Crippen LogP contribution in [-0.2, 0) is 22.6 Å². The highest BCUT2D eigenvalue weighted by Crippen LogP contribution is 2.38. The maximum Gasteiger partial charge on any atom is 0.339 e. The number of rotatable bonds is 6. The number of ether oxygens (including phenoxy) is 2. The van der Waals surface area contributed by atoms with E-state index in [0.29, 0.717) is 22.8 Å². The summed E-state index contributed by atoms with van der Waals surface area (Å²) in [6.45, 7) is 1.45. The van der Waals surface area contributed by atoms with Crippen LogP contribution < -0.4 is 10.1 Å². The van der Waals surface area contributed by atoms with Crippen LogP contribution >= 0.6 is 11.3 Å². The molecule has 0 radical (unpaired) electrons. The first kappa shape index (κ1) is 22.7. The van der Waals surface area contributed by atoms with Crippen molar-refractivity contribution in [3.05, 3.63) is 82.0 Å². The Morgan fingerprint density at radius 3 is 2.66 bits per heavy atom. The summed E-state index contributed by atoms with van der Waals surface area (Å²) >= 11 is 1.29. The lowest BCUT2D eigenvalue weighted by Gasteiger charge is -2.12. The second-order valence-electron chi connectivity index (χ2n) is 8.18. The van der Waals surface area contributed by atoms with E-state index in [0.717, 1.165) is 45.5 Å². The van der Waals surface area contributed by atoms with Crippen LogP contribution in [0.4, 0.5) is 5.13 Å². The monoisotopic (exact) mass is 485 g/mol. The Kier molecular flexibility index (Phi) is 6.29. The van der Waals surface area contributed by atoms with E-state index >= 15 is 0 Å². The molecule has 1 amide bonds. The fourth-order valence-corrected chi connectivity index (χ4v) is 4.95. The predicted octanol–water partition coefficient (Wildman–Crippen LogP) is 5.50. The minimum absolute atomic E-state index is 0.0227. The molecule has 0 unspecified atom stereocenters. The van der Waals surface area contributed by atoms with Crippen molar-refractivity contribution in [3.8, 4) is 5.75 Å². The first-order chi connectivity index (χ1) is 17.0. The minimum Gasteiger partial charge on any atom is -0.497 e. The highest BCUT2D eigenvalue weighted by molar-refractivity contribution is 7.13. The first-order valence-corrected chi connectivity index (χ1v) is 12.1. The Labute approximate surface area is 206 Å². The number of para-hydroxylation sites is 1. The molecule has 2 aromatic heterocycles. The van der Waals surface area contributed by atoms with Crippen LogP contribution in [0.2, 0.25) is 0 Å². The van der Waals surface area contributed by atoms with Gasteiger partial charge in [-0.2, -0.15) is 0 Å². The molecule has 2 aromatic carbocycles. The molecule has 1 N–H and O–H groups in total. The third kappa shape index (κ3) is 4.79. The third-order valence-electron chi connectivity index (χ3n) is 5.79. The van der Waals surface area contributed by atoms with Crippen molar-refractivity contribution in [3.63, 3.8) is 0 Å². The van der Waals surface area contributed by atoms with Gasteiger partial charge < -0.3 is 14.8 Å². The van der Waals surface area contributed by atoms with Crippen molar-refractivity contribution >= 4 is 50.9 Å². The second-order valence-corrected chi connectivity index (χ2v) is 9.03. The van der Waals surface area contributed by atoms with Crippen LogP contribution in [0.1, 0.15) is 46.2 Å². The molecule has 1 aliphatic carbocycles. The van der Waals surface area contributed by atoms with Crippen molar-refractivity contribution < 1.29 is 19.1 Å². The van der Waals surface area contributed by atoms with Gasteiger partial charge in [0, 0.05) is 17.7 Å². The number of fused-ring (bicyclic) bond motifs is 2. The zero-order valence-electron chi connectivity index (χ0n) is 19.3. The summed E-state index contributed by atoms with van der Waals surface area (Å²) in [5.74, 6) is 0.206. The summed E-state index contributed by atoms with van der Waals surface area (Å²) in [6.07, 6.45) is 3.61. The zero-order valence-corrected chi connectivity index (χ0v) is 20.1. The maximum absolute atomic E-state index is 13.3. The Morgan fingerprint density at radius 1 is 1.09 bits per heavy atom. The van der Waals surface area contributed by atoms with Gasteiger partial charge in [-0.1, -0.05) is 30.3 Å². The van der Waals surface area contributed by atoms with E-state index in [9.17, 15) is 9.59 Å². The van der Waals surface area contributed by atoms with Gasteiger partial charge in [0.2, 0.25) is 5.91 Å². The van der Waals surface area contributed by atoms with Crippen molar-refractivity contribution in [2.45, 2.75) is 26.4 Å². The van der Waals surface area contributed by atoms with Gasteiger partial charge in [0.15, 0.2) is 5.13 Å². The molecule has 4 aromatic rings. The van der Waals surface area contributed by atoms with E-state index in [-0.39, 0.29) is 12.5 Å². The molecule has 8 heteroatoms. The molecule has 2 heterocycles. The Balaban J connectivity index is 1.46. The summed E-state index contributed by atoms with van der Waals surface area (Å²) in [5, 5.41) is 5.66. The van der Waals surface area contributed by atoms with Crippen molar-refractivity contribution in [1.29, 1.82) is 0 Å². The molecule has 1 aliphatic rings. The van der Waals surface area contributed by atoms with E-state index in [1.165, 1.54) is 18.3 Å². The summed E-state index contributed by atoms with van der Waals surface area (Å²) in [4.78, 5) is 33.8. The van der Waals surface area contributed by atoms with Gasteiger partial charge in [0.1, 0.15) is 12.4 Å². The third-order valence-corrected chi connectivity index (χ3v) is 6.59.